The maximum absolute atomic E-state index is 14.5. The second kappa shape index (κ2) is 8.35. The van der Waals surface area contributed by atoms with E-state index in [-0.39, 0.29) is 22.2 Å². The van der Waals surface area contributed by atoms with Crippen LogP contribution in [0.2, 0.25) is 0 Å². The minimum Gasteiger partial charge on any atom is -0.309 e. The summed E-state index contributed by atoms with van der Waals surface area (Å²) in [6.45, 7) is 2.60. The zero-order chi connectivity index (χ0) is 26.6. The molecule has 1 atom stereocenters. The number of H-pyrrole nitrogens is 1. The van der Waals surface area contributed by atoms with Gasteiger partial charge in [-0.1, -0.05) is 29.5 Å². The van der Waals surface area contributed by atoms with Gasteiger partial charge >= 0.3 is 11.9 Å². The second-order valence-corrected chi connectivity index (χ2v) is 10.3. The highest BCUT2D eigenvalue weighted by Gasteiger charge is 2.69. The van der Waals surface area contributed by atoms with Crippen molar-refractivity contribution in [1.82, 2.24) is 24.5 Å². The van der Waals surface area contributed by atoms with Crippen LogP contribution in [0.3, 0.4) is 0 Å². The second-order valence-electron chi connectivity index (χ2n) is 7.47. The lowest BCUT2D eigenvalue weighted by molar-refractivity contribution is -0.194. The Morgan fingerprint density at radius 2 is 1.83 bits per heavy atom. The van der Waals surface area contributed by atoms with Crippen LogP contribution in [0.25, 0.3) is 5.69 Å². The number of fused-ring (bicyclic) bond motifs is 1. The molecule has 4 rings (SSSR count). The summed E-state index contributed by atoms with van der Waals surface area (Å²) in [5, 5.41) is 10.2. The molecular weight excluding hydrogens is 531 g/mol. The van der Waals surface area contributed by atoms with E-state index in [9.17, 15) is 40.8 Å². The number of nitrogens with one attached hydrogen (secondary N) is 4. The van der Waals surface area contributed by atoms with E-state index < -0.39 is 60.5 Å². The van der Waals surface area contributed by atoms with E-state index in [1.807, 2.05) is 5.32 Å². The number of hydrogen-bond donors (Lipinski definition) is 4. The van der Waals surface area contributed by atoms with E-state index in [1.165, 1.54) is 29.8 Å². The monoisotopic (exact) mass is 545 g/mol. The molecule has 0 radical (unpaired) electrons. The van der Waals surface area contributed by atoms with Gasteiger partial charge in [-0.2, -0.15) is 17.9 Å². The van der Waals surface area contributed by atoms with E-state index in [2.05, 4.69) is 15.5 Å². The molecule has 190 valence electrons. The third-order valence-corrected chi connectivity index (χ3v) is 7.70. The zero-order valence-corrected chi connectivity index (χ0v) is 19.7. The highest BCUT2D eigenvalue weighted by atomic mass is 32.2. The number of hydrogen-bond acceptors (Lipinski definition) is 9. The molecule has 0 saturated carbocycles. The molecule has 0 spiro atoms. The fourth-order valence-electron chi connectivity index (χ4n) is 3.55. The minimum absolute atomic E-state index is 0.0280. The van der Waals surface area contributed by atoms with Crippen molar-refractivity contribution in [1.29, 1.82) is 0 Å². The van der Waals surface area contributed by atoms with Gasteiger partial charge in [0.15, 0.2) is 0 Å². The van der Waals surface area contributed by atoms with Crippen molar-refractivity contribution in [3.63, 3.8) is 0 Å². The molecular formula is C18H14F3N7O6S2. The Morgan fingerprint density at radius 1 is 1.17 bits per heavy atom. The van der Waals surface area contributed by atoms with E-state index in [0.29, 0.717) is 10.1 Å². The van der Waals surface area contributed by atoms with Crippen molar-refractivity contribution < 1.29 is 31.2 Å². The Bertz CT molecular complexity index is 1640. The van der Waals surface area contributed by atoms with Crippen LogP contribution in [-0.2, 0) is 25.2 Å². The maximum Gasteiger partial charge on any atom is 0.421 e. The quantitative estimate of drug-likeness (QED) is 0.331. The molecule has 1 aliphatic rings. The van der Waals surface area contributed by atoms with Crippen LogP contribution in [0, 0.1) is 6.92 Å². The van der Waals surface area contributed by atoms with Crippen molar-refractivity contribution in [2.45, 2.75) is 29.9 Å². The van der Waals surface area contributed by atoms with E-state index in [1.54, 1.807) is 11.1 Å². The van der Waals surface area contributed by atoms with Gasteiger partial charge in [-0.25, -0.2) is 17.8 Å². The van der Waals surface area contributed by atoms with Gasteiger partial charge in [0.05, 0.1) is 11.3 Å². The first-order valence-corrected chi connectivity index (χ1v) is 12.0. The lowest BCUT2D eigenvalue weighted by atomic mass is 9.93. The van der Waals surface area contributed by atoms with Crippen molar-refractivity contribution >= 4 is 44.1 Å². The summed E-state index contributed by atoms with van der Waals surface area (Å²) in [7, 11) is -5.27. The molecule has 36 heavy (non-hydrogen) atoms. The number of halogens is 3. The Morgan fingerprint density at radius 3 is 2.44 bits per heavy atom. The standard InChI is InChI=1S/C18H14F3N7O6S2/c1-7-5-3-4-6-9(7)28-11-10(12(30)24-15(28)32)17(13(31)23-11,18(19,20)21)27-36(33,34)16-26-25-14(35-16)22-8(2)29/h3-6,27H,1-2H3,(H,23,31)(H,22,25,29)(H,24,30,32). The number of anilines is 2. The van der Waals surface area contributed by atoms with Crippen LogP contribution < -0.4 is 26.6 Å². The van der Waals surface area contributed by atoms with Crippen molar-refractivity contribution in [2.75, 3.05) is 10.6 Å². The first-order chi connectivity index (χ1) is 16.7. The lowest BCUT2D eigenvalue weighted by Gasteiger charge is -2.29. The smallest absolute Gasteiger partial charge is 0.309 e. The number of carbonyl (C=O) groups is 2. The van der Waals surface area contributed by atoms with Crippen molar-refractivity contribution in [3.8, 4) is 5.69 Å². The molecule has 1 unspecified atom stereocenters. The number of nitrogens with zero attached hydrogens (tertiary/aromatic N) is 3. The molecule has 1 aromatic carbocycles. The number of aromatic nitrogens is 4. The van der Waals surface area contributed by atoms with Gasteiger partial charge in [-0.15, -0.1) is 10.2 Å². The van der Waals surface area contributed by atoms with Gasteiger partial charge in [0.25, 0.3) is 21.5 Å². The topological polar surface area (TPSA) is 185 Å². The van der Waals surface area contributed by atoms with Crippen molar-refractivity contribution in [2.24, 2.45) is 0 Å². The molecule has 0 bridgehead atoms. The highest BCUT2D eigenvalue weighted by molar-refractivity contribution is 7.91. The van der Waals surface area contributed by atoms with Crippen LogP contribution in [0.4, 0.5) is 24.1 Å². The normalized spacial score (nSPS) is 17.5. The summed E-state index contributed by atoms with van der Waals surface area (Å²) >= 11 is 0.207. The van der Waals surface area contributed by atoms with Crippen LogP contribution in [0.15, 0.2) is 38.2 Å². The molecule has 4 N–H and O–H groups in total. The van der Waals surface area contributed by atoms with Crippen molar-refractivity contribution in [3.05, 3.63) is 56.2 Å². The Kier molecular flexibility index (Phi) is 5.84. The number of para-hydroxylation sites is 1. The van der Waals surface area contributed by atoms with Gasteiger partial charge in [-0.05, 0) is 18.6 Å². The summed E-state index contributed by atoms with van der Waals surface area (Å²) in [5.74, 6) is -3.49. The lowest BCUT2D eigenvalue weighted by Crippen LogP contribution is -2.61. The maximum atomic E-state index is 14.5. The fourth-order valence-corrected chi connectivity index (χ4v) is 5.83. The summed E-state index contributed by atoms with van der Waals surface area (Å²) in [5.41, 5.74) is -7.91. The van der Waals surface area contributed by atoms with E-state index >= 15 is 0 Å². The van der Waals surface area contributed by atoms with Gasteiger partial charge in [0.2, 0.25) is 20.9 Å². The van der Waals surface area contributed by atoms with Crippen LogP contribution in [0.5, 0.6) is 0 Å². The molecule has 18 heteroatoms. The SMILES string of the molecule is CC(=O)Nc1nnc(S(=O)(=O)NC2(C(F)(F)F)C(=O)Nc3c2c(=O)[nH]c(=O)n3-c2ccccc2C)s1. The molecule has 3 aromatic rings. The van der Waals surface area contributed by atoms with Gasteiger partial charge in [-0.3, -0.25) is 19.4 Å². The van der Waals surface area contributed by atoms with Crippen LogP contribution in [-0.4, -0.2) is 46.2 Å². The molecule has 0 aliphatic carbocycles. The van der Waals surface area contributed by atoms with Crippen LogP contribution >= 0.6 is 11.3 Å². The van der Waals surface area contributed by atoms with Gasteiger partial charge in [0.1, 0.15) is 5.82 Å². The Labute approximate surface area is 202 Å². The third-order valence-electron chi connectivity index (χ3n) is 5.05. The van der Waals surface area contributed by atoms with E-state index in [4.69, 9.17) is 0 Å². The predicted molar refractivity (Wildman–Crippen MR) is 118 cm³/mol. The number of sulfonamides is 1. The largest absolute Gasteiger partial charge is 0.421 e. The van der Waals surface area contributed by atoms with E-state index in [0.717, 1.165) is 6.92 Å². The first-order valence-electron chi connectivity index (χ1n) is 9.68. The number of alkyl halides is 3. The number of amides is 2. The predicted octanol–water partition coefficient (Wildman–Crippen LogP) is 0.332. The molecule has 1 aliphatic heterocycles. The summed E-state index contributed by atoms with van der Waals surface area (Å²) in [6, 6.07) is 5.92. The molecule has 2 amide bonds. The molecule has 2 aromatic heterocycles. The van der Waals surface area contributed by atoms with Gasteiger partial charge < -0.3 is 10.6 Å². The third kappa shape index (κ3) is 3.88. The summed E-state index contributed by atoms with van der Waals surface area (Å²) in [6.07, 6.45) is -5.71. The van der Waals surface area contributed by atoms with Crippen LogP contribution in [0.1, 0.15) is 18.1 Å². The molecule has 13 nitrogen and oxygen atoms in total. The number of rotatable bonds is 5. The Hall–Kier alpha value is -3.90. The molecule has 3 heterocycles. The number of carbonyl (C=O) groups excluding carboxylic acids is 2. The zero-order valence-electron chi connectivity index (χ0n) is 18.1. The minimum atomic E-state index is -5.71. The number of aromatic amines is 1. The summed E-state index contributed by atoms with van der Waals surface area (Å²) < 4.78 is 70.3. The average molecular weight is 545 g/mol. The number of aryl methyl sites for hydroxylation is 1. The number of benzene rings is 1. The average Bonchev–Trinajstić information content (AvgIpc) is 3.32. The Balaban J connectivity index is 1.97. The fraction of sp³-hybridized carbons (Fsp3) is 0.222. The highest BCUT2D eigenvalue weighted by Crippen LogP contribution is 2.46. The van der Waals surface area contributed by atoms with Gasteiger partial charge in [0, 0.05) is 6.92 Å². The molecule has 0 saturated heterocycles. The summed E-state index contributed by atoms with van der Waals surface area (Å²) in [4.78, 5) is 51.0. The molecule has 0 fully saturated rings. The first kappa shape index (κ1) is 25.2.